The lowest BCUT2D eigenvalue weighted by atomic mass is 9.85. The quantitative estimate of drug-likeness (QED) is 0.375. The minimum atomic E-state index is 0.173. The predicted octanol–water partition coefficient (Wildman–Crippen LogP) is 1.52. The van der Waals surface area contributed by atoms with Crippen molar-refractivity contribution >= 4 is 5.78 Å². The Hall–Kier alpha value is -0.610. The molecule has 9 unspecified atom stereocenters. The Bertz CT molecular complexity index is 575. The van der Waals surface area contributed by atoms with Crippen LogP contribution in [0.4, 0.5) is 0 Å². The summed E-state index contributed by atoms with van der Waals surface area (Å²) in [5, 5.41) is 0. The van der Waals surface area contributed by atoms with Crippen LogP contribution in [-0.4, -0.2) is 94.3 Å². The average molecular weight is 441 g/mol. The normalized spacial score (nSPS) is 39.1. The maximum Gasteiger partial charge on any atom is 0.139 e. The Labute approximate surface area is 184 Å². The summed E-state index contributed by atoms with van der Waals surface area (Å²) in [4.78, 5) is 11.9. The number of ether oxygens (including phenoxy) is 7. The molecule has 0 aromatic rings. The Balaban J connectivity index is 0.000000135. The Morgan fingerprint density at radius 2 is 1.13 bits per heavy atom. The zero-order valence-electron chi connectivity index (χ0n) is 18.6. The summed E-state index contributed by atoms with van der Waals surface area (Å²) < 4.78 is 37.7. The molecule has 8 heteroatoms. The highest BCUT2D eigenvalue weighted by Crippen LogP contribution is 2.32. The lowest BCUT2D eigenvalue weighted by Crippen LogP contribution is -2.32. The summed E-state index contributed by atoms with van der Waals surface area (Å²) in [5.74, 6) is 0.954. The molecule has 0 aromatic heterocycles. The monoisotopic (exact) mass is 440 g/mol. The third-order valence-electron chi connectivity index (χ3n) is 6.66. The van der Waals surface area contributed by atoms with E-state index in [0.29, 0.717) is 36.4 Å². The van der Waals surface area contributed by atoms with Crippen molar-refractivity contribution in [1.29, 1.82) is 0 Å². The van der Waals surface area contributed by atoms with Crippen LogP contribution in [-0.2, 0) is 38.0 Å². The van der Waals surface area contributed by atoms with Gasteiger partial charge in [0.05, 0.1) is 76.3 Å². The molecule has 0 radical (unpaired) electrons. The first-order valence-corrected chi connectivity index (χ1v) is 11.9. The van der Waals surface area contributed by atoms with Gasteiger partial charge in [-0.15, -0.1) is 0 Å². The molecule has 0 bridgehead atoms. The minimum Gasteiger partial charge on any atom is -0.373 e. The van der Waals surface area contributed by atoms with Gasteiger partial charge in [-0.05, 0) is 12.3 Å². The van der Waals surface area contributed by atoms with Gasteiger partial charge in [0.2, 0.25) is 0 Å². The van der Waals surface area contributed by atoms with E-state index in [1.807, 2.05) is 0 Å². The molecule has 6 rings (SSSR count). The second-order valence-electron chi connectivity index (χ2n) is 10.0. The van der Waals surface area contributed by atoms with Crippen LogP contribution in [0, 0.1) is 11.8 Å². The maximum absolute atomic E-state index is 11.9. The summed E-state index contributed by atoms with van der Waals surface area (Å²) in [5.41, 5.74) is 0. The Kier molecular flexibility index (Phi) is 6.95. The van der Waals surface area contributed by atoms with Gasteiger partial charge >= 0.3 is 0 Å². The number of carbonyl (C=O) groups excluding carboxylic acids is 1. The summed E-state index contributed by atoms with van der Waals surface area (Å²) in [6.45, 7) is 9.25. The van der Waals surface area contributed by atoms with E-state index in [-0.39, 0.29) is 36.4 Å². The molecule has 6 saturated heterocycles. The molecule has 6 aliphatic heterocycles. The summed E-state index contributed by atoms with van der Waals surface area (Å²) in [6, 6.07) is 0. The van der Waals surface area contributed by atoms with Crippen LogP contribution in [0.15, 0.2) is 0 Å². The van der Waals surface area contributed by atoms with Crippen molar-refractivity contribution in [2.24, 2.45) is 11.8 Å². The van der Waals surface area contributed by atoms with E-state index in [1.165, 1.54) is 0 Å². The standard InChI is InChI=1S/C12H18O5.C11H18O3/c1(7-3-13-7)9(11-5-15-11)17-10(12-6-16-12)2-8-4-14-8;1-7(2)10(3-8-5-13-8)11(12)4-9-6-14-9/h7-12H,1-6H2;7-10H,3-6H2,1-2H3. The van der Waals surface area contributed by atoms with Crippen LogP contribution in [0.1, 0.15) is 39.5 Å². The first kappa shape index (κ1) is 22.2. The molecule has 6 fully saturated rings. The molecule has 0 N–H and O–H groups in total. The highest BCUT2D eigenvalue weighted by molar-refractivity contribution is 5.82. The number of epoxide rings is 6. The van der Waals surface area contributed by atoms with Gasteiger partial charge in [-0.3, -0.25) is 4.79 Å². The zero-order valence-corrected chi connectivity index (χ0v) is 18.6. The van der Waals surface area contributed by atoms with Crippen LogP contribution < -0.4 is 0 Å². The van der Waals surface area contributed by atoms with Crippen molar-refractivity contribution in [3.63, 3.8) is 0 Å². The van der Waals surface area contributed by atoms with Crippen molar-refractivity contribution in [2.75, 3.05) is 39.6 Å². The predicted molar refractivity (Wildman–Crippen MR) is 109 cm³/mol. The van der Waals surface area contributed by atoms with E-state index in [1.54, 1.807) is 0 Å². The second kappa shape index (κ2) is 9.71. The molecule has 8 nitrogen and oxygen atoms in total. The number of hydrogen-bond acceptors (Lipinski definition) is 8. The second-order valence-corrected chi connectivity index (χ2v) is 10.0. The van der Waals surface area contributed by atoms with Gasteiger partial charge in [-0.1, -0.05) is 13.8 Å². The van der Waals surface area contributed by atoms with E-state index in [4.69, 9.17) is 33.2 Å². The van der Waals surface area contributed by atoms with Crippen LogP contribution in [0.3, 0.4) is 0 Å². The van der Waals surface area contributed by atoms with Crippen molar-refractivity contribution in [3.05, 3.63) is 0 Å². The highest BCUT2D eigenvalue weighted by atomic mass is 16.6. The lowest BCUT2D eigenvalue weighted by molar-refractivity contribution is -0.124. The summed E-state index contributed by atoms with van der Waals surface area (Å²) in [6.07, 6.45) is 5.70. The number of hydrogen-bond donors (Lipinski definition) is 0. The smallest absolute Gasteiger partial charge is 0.139 e. The zero-order chi connectivity index (χ0) is 21.4. The molecule has 6 aliphatic rings. The van der Waals surface area contributed by atoms with Crippen molar-refractivity contribution in [3.8, 4) is 0 Å². The van der Waals surface area contributed by atoms with E-state index in [2.05, 4.69) is 13.8 Å². The fourth-order valence-electron chi connectivity index (χ4n) is 4.11. The molecule has 0 spiro atoms. The van der Waals surface area contributed by atoms with E-state index in [9.17, 15) is 4.79 Å². The largest absolute Gasteiger partial charge is 0.373 e. The third-order valence-corrected chi connectivity index (χ3v) is 6.66. The SMILES string of the molecule is C1OC1CC(OC(CC1CO1)C1CO1)C1CO1.CC(C)C(CC1CO1)C(=O)CC1CO1. The van der Waals surface area contributed by atoms with Crippen molar-refractivity contribution < 1.29 is 38.0 Å². The average Bonchev–Trinajstić information content (AvgIpc) is 3.52. The number of rotatable bonds is 14. The van der Waals surface area contributed by atoms with Gasteiger partial charge in [0, 0.05) is 25.2 Å². The topological polar surface area (TPSA) is 101 Å². The van der Waals surface area contributed by atoms with Crippen molar-refractivity contribution in [2.45, 2.75) is 88.4 Å². The highest BCUT2D eigenvalue weighted by Gasteiger charge is 2.44. The van der Waals surface area contributed by atoms with Gasteiger partial charge < -0.3 is 33.2 Å². The van der Waals surface area contributed by atoms with E-state index < -0.39 is 0 Å². The first-order valence-electron chi connectivity index (χ1n) is 11.9. The molecule has 9 atom stereocenters. The fourth-order valence-corrected chi connectivity index (χ4v) is 4.11. The molecule has 0 saturated carbocycles. The molecule has 0 aliphatic carbocycles. The molecular weight excluding hydrogens is 404 g/mol. The van der Waals surface area contributed by atoms with E-state index in [0.717, 1.165) is 58.9 Å². The van der Waals surface area contributed by atoms with E-state index >= 15 is 0 Å². The fraction of sp³-hybridized carbons (Fsp3) is 0.957. The van der Waals surface area contributed by atoms with Crippen LogP contribution >= 0.6 is 0 Å². The molecule has 0 amide bonds. The van der Waals surface area contributed by atoms with Crippen molar-refractivity contribution in [1.82, 2.24) is 0 Å². The molecule has 0 aromatic carbocycles. The first-order chi connectivity index (χ1) is 15.0. The van der Waals surface area contributed by atoms with Crippen LogP contribution in [0.25, 0.3) is 0 Å². The van der Waals surface area contributed by atoms with Gasteiger partial charge in [0.1, 0.15) is 18.0 Å². The maximum atomic E-state index is 11.9. The lowest BCUT2D eigenvalue weighted by Gasteiger charge is -2.22. The molecule has 31 heavy (non-hydrogen) atoms. The Morgan fingerprint density at radius 3 is 1.48 bits per heavy atom. The molecular formula is C23H36O8. The number of carbonyl (C=O) groups is 1. The Morgan fingerprint density at radius 1 is 0.710 bits per heavy atom. The van der Waals surface area contributed by atoms with Gasteiger partial charge in [0.15, 0.2) is 0 Å². The number of ketones is 1. The van der Waals surface area contributed by atoms with Crippen LogP contribution in [0.5, 0.6) is 0 Å². The molecule has 176 valence electrons. The van der Waals surface area contributed by atoms with Crippen LogP contribution in [0.2, 0.25) is 0 Å². The van der Waals surface area contributed by atoms with Gasteiger partial charge in [-0.2, -0.15) is 0 Å². The summed E-state index contributed by atoms with van der Waals surface area (Å²) in [7, 11) is 0. The summed E-state index contributed by atoms with van der Waals surface area (Å²) >= 11 is 0. The van der Waals surface area contributed by atoms with Gasteiger partial charge in [0.25, 0.3) is 0 Å². The van der Waals surface area contributed by atoms with Gasteiger partial charge in [-0.25, -0.2) is 0 Å². The minimum absolute atomic E-state index is 0.173. The number of Topliss-reactive ketones (excluding diaryl/α,β-unsaturated/α-hetero) is 1. The molecule has 6 heterocycles. The third kappa shape index (κ3) is 7.74.